The number of anilines is 1. The normalized spacial score (nSPS) is 17.6. The van der Waals surface area contributed by atoms with Gasteiger partial charge in [-0.1, -0.05) is 30.8 Å². The monoisotopic (exact) mass is 634 g/mol. The molecule has 2 unspecified atom stereocenters. The summed E-state index contributed by atoms with van der Waals surface area (Å²) in [6.45, 7) is 5.07. The minimum atomic E-state index is -0.683. The summed E-state index contributed by atoms with van der Waals surface area (Å²) in [7, 11) is 0. The highest BCUT2D eigenvalue weighted by Gasteiger charge is 2.39. The number of fused-ring (bicyclic) bond motifs is 2. The van der Waals surface area contributed by atoms with Gasteiger partial charge in [-0.3, -0.25) is 29.8 Å². The predicted molar refractivity (Wildman–Crippen MR) is 167 cm³/mol. The first-order valence-electron chi connectivity index (χ1n) is 15.1. The molecule has 4 amide bonds. The molecule has 0 aliphatic carbocycles. The Labute approximate surface area is 268 Å². The molecular weight excluding hydrogens is 604 g/mol. The molecular formula is C33H30N8O6. The van der Waals surface area contributed by atoms with Crippen LogP contribution in [0, 0.1) is 0 Å². The number of nitrogens with one attached hydrogen (secondary N) is 3. The van der Waals surface area contributed by atoms with Gasteiger partial charge in [-0.05, 0) is 69.9 Å². The summed E-state index contributed by atoms with van der Waals surface area (Å²) in [5.41, 5.74) is 4.36. The van der Waals surface area contributed by atoms with Gasteiger partial charge < -0.3 is 19.7 Å². The zero-order valence-corrected chi connectivity index (χ0v) is 25.1. The van der Waals surface area contributed by atoms with Crippen molar-refractivity contribution in [2.45, 2.75) is 38.0 Å². The van der Waals surface area contributed by atoms with Gasteiger partial charge in [-0.15, -0.1) is 5.10 Å². The van der Waals surface area contributed by atoms with Gasteiger partial charge in [-0.2, -0.15) is 4.68 Å². The quantitative estimate of drug-likeness (QED) is 0.183. The van der Waals surface area contributed by atoms with Gasteiger partial charge in [0.25, 0.3) is 5.91 Å². The number of carbonyl (C=O) groups is 4. The van der Waals surface area contributed by atoms with Crippen molar-refractivity contribution in [3.63, 3.8) is 0 Å². The zero-order chi connectivity index (χ0) is 32.5. The van der Waals surface area contributed by atoms with Crippen LogP contribution in [0.2, 0.25) is 0 Å². The third-order valence-electron chi connectivity index (χ3n) is 8.32. The van der Waals surface area contributed by atoms with Crippen LogP contribution in [0.25, 0.3) is 5.69 Å². The van der Waals surface area contributed by atoms with Crippen molar-refractivity contribution >= 4 is 29.3 Å². The molecule has 238 valence electrons. The van der Waals surface area contributed by atoms with Crippen LogP contribution in [0.3, 0.4) is 0 Å². The number of carbonyl (C=O) groups excluding carboxylic acids is 4. The second-order valence-electron chi connectivity index (χ2n) is 11.3. The van der Waals surface area contributed by atoms with E-state index in [9.17, 15) is 19.2 Å². The van der Waals surface area contributed by atoms with Crippen molar-refractivity contribution in [3.8, 4) is 17.2 Å². The van der Waals surface area contributed by atoms with Crippen LogP contribution in [-0.4, -0.2) is 68.0 Å². The van der Waals surface area contributed by atoms with E-state index in [0.29, 0.717) is 60.4 Å². The van der Waals surface area contributed by atoms with Gasteiger partial charge in [0, 0.05) is 36.8 Å². The van der Waals surface area contributed by atoms with Gasteiger partial charge in [0.2, 0.25) is 17.7 Å². The number of benzene rings is 3. The van der Waals surface area contributed by atoms with E-state index in [1.54, 1.807) is 22.9 Å². The van der Waals surface area contributed by atoms with Crippen LogP contribution in [0.1, 0.15) is 51.8 Å². The van der Waals surface area contributed by atoms with E-state index in [4.69, 9.17) is 9.47 Å². The Morgan fingerprint density at radius 1 is 1.04 bits per heavy atom. The number of piperidine rings is 1. The van der Waals surface area contributed by atoms with Crippen molar-refractivity contribution < 1.29 is 28.7 Å². The number of aromatic nitrogens is 4. The van der Waals surface area contributed by atoms with Crippen LogP contribution in [0.15, 0.2) is 73.3 Å². The largest absolute Gasteiger partial charge is 0.486 e. The summed E-state index contributed by atoms with van der Waals surface area (Å²) >= 11 is 0. The van der Waals surface area contributed by atoms with E-state index in [1.165, 1.54) is 11.0 Å². The minimum absolute atomic E-state index is 0.195. The lowest BCUT2D eigenvalue weighted by atomic mass is 10.0. The Morgan fingerprint density at radius 3 is 2.64 bits per heavy atom. The number of ether oxygens (including phenoxy) is 2. The average Bonchev–Trinajstić information content (AvgIpc) is 3.70. The number of nitrogens with zero attached hydrogens (tertiary/aromatic N) is 5. The molecule has 4 heterocycles. The highest BCUT2D eigenvalue weighted by molar-refractivity contribution is 6.05. The molecule has 0 spiro atoms. The molecule has 47 heavy (non-hydrogen) atoms. The molecule has 3 aromatic carbocycles. The Kier molecular flexibility index (Phi) is 7.91. The van der Waals surface area contributed by atoms with Crippen LogP contribution in [-0.2, 0) is 27.5 Å². The summed E-state index contributed by atoms with van der Waals surface area (Å²) in [6.07, 6.45) is 1.70. The fraction of sp³-hybridized carbons (Fsp3) is 0.242. The van der Waals surface area contributed by atoms with Gasteiger partial charge in [0.05, 0.1) is 11.7 Å². The number of tetrazole rings is 1. The highest BCUT2D eigenvalue weighted by atomic mass is 16.6. The number of hydrogen-bond acceptors (Lipinski definition) is 10. The summed E-state index contributed by atoms with van der Waals surface area (Å²) in [5.74, 6) is 0.432. The Hall–Kier alpha value is -5.89. The maximum absolute atomic E-state index is 13.2. The van der Waals surface area contributed by atoms with Gasteiger partial charge in [0.15, 0.2) is 17.3 Å². The molecule has 1 aromatic heterocycles. The summed E-state index contributed by atoms with van der Waals surface area (Å²) in [6, 6.07) is 17.2. The molecule has 0 bridgehead atoms. The molecule has 7 rings (SSSR count). The molecule has 1 saturated heterocycles. The third-order valence-corrected chi connectivity index (χ3v) is 8.32. The second-order valence-corrected chi connectivity index (χ2v) is 11.3. The van der Waals surface area contributed by atoms with Gasteiger partial charge in [-0.25, -0.2) is 0 Å². The lowest BCUT2D eigenvalue weighted by Gasteiger charge is -2.29. The van der Waals surface area contributed by atoms with Crippen LogP contribution in [0.4, 0.5) is 5.69 Å². The first kappa shape index (κ1) is 29.8. The van der Waals surface area contributed by atoms with Crippen molar-refractivity contribution in [2.75, 3.05) is 18.5 Å². The standard InChI is InChI=1S/C33H30N8O6/c1-2-28(42)35-22-6-4-20(5-7-22)30(31-37-38-39-41(31)23-8-11-26-27(16-23)47-14-13-46-26)34-17-19-3-9-24-21(15-19)18-40(33(24)45)25-10-12-29(43)36-32(25)44/h2-9,11,15-16,25,30,34H,1,10,12-14,17-18H2,(H,35,42)(H,36,43,44). The lowest BCUT2D eigenvalue weighted by Crippen LogP contribution is -2.52. The summed E-state index contributed by atoms with van der Waals surface area (Å²) < 4.78 is 13.1. The van der Waals surface area contributed by atoms with E-state index < -0.39 is 18.0 Å². The number of hydrogen-bond donors (Lipinski definition) is 3. The molecule has 2 atom stereocenters. The van der Waals surface area contributed by atoms with E-state index in [0.717, 1.165) is 16.7 Å². The van der Waals surface area contributed by atoms with Crippen molar-refractivity contribution in [2.24, 2.45) is 0 Å². The van der Waals surface area contributed by atoms with Crippen LogP contribution >= 0.6 is 0 Å². The molecule has 3 aliphatic rings. The Morgan fingerprint density at radius 2 is 1.85 bits per heavy atom. The summed E-state index contributed by atoms with van der Waals surface area (Å²) in [5, 5.41) is 21.3. The number of rotatable bonds is 9. The van der Waals surface area contributed by atoms with E-state index in [-0.39, 0.29) is 30.7 Å². The number of imide groups is 1. The third kappa shape index (κ3) is 5.93. The maximum atomic E-state index is 13.2. The zero-order valence-electron chi connectivity index (χ0n) is 25.1. The van der Waals surface area contributed by atoms with Crippen molar-refractivity contribution in [3.05, 3.63) is 101 Å². The molecule has 3 aliphatic heterocycles. The Balaban J connectivity index is 1.16. The topological polar surface area (TPSA) is 170 Å². The van der Waals surface area contributed by atoms with Crippen LogP contribution in [0.5, 0.6) is 11.5 Å². The Bertz CT molecular complexity index is 1910. The lowest BCUT2D eigenvalue weighted by molar-refractivity contribution is -0.137. The molecule has 14 heteroatoms. The average molecular weight is 635 g/mol. The van der Waals surface area contributed by atoms with Crippen molar-refractivity contribution in [1.82, 2.24) is 35.7 Å². The molecule has 0 saturated carbocycles. The van der Waals surface area contributed by atoms with E-state index >= 15 is 0 Å². The molecule has 4 aromatic rings. The summed E-state index contributed by atoms with van der Waals surface area (Å²) in [4.78, 5) is 50.7. The first-order chi connectivity index (χ1) is 22.9. The highest BCUT2D eigenvalue weighted by Crippen LogP contribution is 2.33. The molecule has 0 radical (unpaired) electrons. The van der Waals surface area contributed by atoms with Crippen LogP contribution < -0.4 is 25.4 Å². The van der Waals surface area contributed by atoms with E-state index in [2.05, 4.69) is 38.1 Å². The van der Waals surface area contributed by atoms with Crippen molar-refractivity contribution in [1.29, 1.82) is 0 Å². The SMILES string of the molecule is C=CC(=O)Nc1ccc(C(NCc2ccc3c(c2)CN(C2CCC(=O)NC2=O)C3=O)c2nnnn2-c2ccc3c(c2)OCCO3)cc1. The maximum Gasteiger partial charge on any atom is 0.255 e. The smallest absolute Gasteiger partial charge is 0.255 e. The fourth-order valence-corrected chi connectivity index (χ4v) is 5.99. The predicted octanol–water partition coefficient (Wildman–Crippen LogP) is 2.20. The number of amides is 4. The minimum Gasteiger partial charge on any atom is -0.486 e. The van der Waals surface area contributed by atoms with Gasteiger partial charge >= 0.3 is 0 Å². The second kappa shape index (κ2) is 12.5. The molecule has 14 nitrogen and oxygen atoms in total. The molecule has 3 N–H and O–H groups in total. The van der Waals surface area contributed by atoms with Gasteiger partial charge in [0.1, 0.15) is 19.3 Å². The fourth-order valence-electron chi connectivity index (χ4n) is 5.99. The van der Waals surface area contributed by atoms with E-state index in [1.807, 2.05) is 42.5 Å². The first-order valence-corrected chi connectivity index (χ1v) is 15.1. The molecule has 1 fully saturated rings.